The first-order valence-corrected chi connectivity index (χ1v) is 21.2. The summed E-state index contributed by atoms with van der Waals surface area (Å²) in [4.78, 5) is 13.7. The minimum absolute atomic E-state index is 0.0868. The van der Waals surface area contributed by atoms with Gasteiger partial charge in [0.2, 0.25) is 0 Å². The third kappa shape index (κ3) is 5.10. The van der Waals surface area contributed by atoms with Gasteiger partial charge < -0.3 is 4.90 Å². The maximum atomic E-state index is 5.67. The number of rotatable bonds is 7. The van der Waals surface area contributed by atoms with E-state index in [4.69, 9.17) is 9.97 Å². The van der Waals surface area contributed by atoms with Gasteiger partial charge in [-0.15, -0.1) is 0 Å². The van der Waals surface area contributed by atoms with Crippen molar-refractivity contribution < 1.29 is 0 Å². The Bertz CT molecular complexity index is 3260. The van der Waals surface area contributed by atoms with E-state index in [1.807, 2.05) is 0 Å². The zero-order chi connectivity index (χ0) is 40.7. The molecule has 0 amide bonds. The molecule has 0 saturated heterocycles. The van der Waals surface area contributed by atoms with Gasteiger partial charge in [-0.05, 0) is 63.9 Å². The van der Waals surface area contributed by atoms with Gasteiger partial charge in [0, 0.05) is 45.0 Å². The summed E-state index contributed by atoms with van der Waals surface area (Å²) in [5.41, 5.74) is 20.0. The predicted molar refractivity (Wildman–Crippen MR) is 257 cm³/mol. The van der Waals surface area contributed by atoms with E-state index >= 15 is 0 Å². The number of fused-ring (bicyclic) bond motifs is 4. The molecule has 0 spiro atoms. The molecule has 13 rings (SSSR count). The molecular weight excluding hydrogens is 753 g/mol. The summed E-state index contributed by atoms with van der Waals surface area (Å²) in [6.45, 7) is -0.0868. The highest BCUT2D eigenvalue weighted by atomic mass is 15.2. The normalized spacial score (nSPS) is 12.2. The molecule has 0 bridgehead atoms. The largest absolute Gasteiger partial charge is 0.310 e. The third-order valence-electron chi connectivity index (χ3n) is 12.7. The van der Waals surface area contributed by atoms with Crippen molar-refractivity contribution in [3.63, 3.8) is 0 Å². The summed E-state index contributed by atoms with van der Waals surface area (Å²) in [5.74, 6) is 1.83. The lowest BCUT2D eigenvalue weighted by Gasteiger charge is -2.36. The minimum atomic E-state index is -0.0868. The van der Waals surface area contributed by atoms with Crippen LogP contribution in [-0.2, 0) is 0 Å². The Morgan fingerprint density at radius 3 is 1.10 bits per heavy atom. The average molecular weight is 790 g/mol. The fourth-order valence-electron chi connectivity index (χ4n) is 10.1. The van der Waals surface area contributed by atoms with Crippen LogP contribution in [0, 0.1) is 0 Å². The molecule has 0 saturated carbocycles. The molecule has 62 heavy (non-hydrogen) atoms. The highest BCUT2D eigenvalue weighted by Crippen LogP contribution is 2.44. The Morgan fingerprint density at radius 2 is 0.710 bits per heavy atom. The second-order valence-corrected chi connectivity index (χ2v) is 16.1. The lowest BCUT2D eigenvalue weighted by Crippen LogP contribution is -2.59. The molecule has 5 nitrogen and oxygen atoms in total. The molecule has 0 N–H and O–H groups in total. The summed E-state index contributed by atoms with van der Waals surface area (Å²) in [6.07, 6.45) is 0. The number of benzene rings is 9. The average Bonchev–Trinajstić information content (AvgIpc) is 3.95. The highest BCUT2D eigenvalue weighted by Gasteiger charge is 2.43. The fourth-order valence-corrected chi connectivity index (χ4v) is 10.1. The number of para-hydroxylation sites is 2. The molecule has 0 fully saturated rings. The number of aromatic nitrogens is 4. The molecule has 11 aromatic rings. The Labute approximate surface area is 359 Å². The van der Waals surface area contributed by atoms with Crippen molar-refractivity contribution in [3.8, 4) is 56.4 Å². The van der Waals surface area contributed by atoms with Gasteiger partial charge in [0.05, 0.1) is 27.8 Å². The van der Waals surface area contributed by atoms with Gasteiger partial charge in [-0.1, -0.05) is 182 Å². The lowest BCUT2D eigenvalue weighted by molar-refractivity contribution is 1.07. The smallest absolute Gasteiger partial charge is 0.252 e. The number of hydrogen-bond donors (Lipinski definition) is 0. The number of hydrogen-bond acceptors (Lipinski definition) is 3. The van der Waals surface area contributed by atoms with Crippen molar-refractivity contribution in [2.75, 3.05) is 4.90 Å². The summed E-state index contributed by atoms with van der Waals surface area (Å²) >= 11 is 0. The van der Waals surface area contributed by atoms with Crippen molar-refractivity contribution in [1.29, 1.82) is 0 Å². The molecule has 0 atom stereocenters. The fraction of sp³-hybridized carbons (Fsp3) is 0. The SMILES string of the molecule is c1ccc(-c2ccc3c4c2nc(-c2ccccc2)n4-c2cc(N(c4ccccc4)c4ccccc4)cc4c2B3c2ccc(-c3ccccc3)c3nc(-c5ccccc5)n-4c23)cc1. The Hall–Kier alpha value is -8.22. The molecule has 0 unspecified atom stereocenters. The molecule has 2 aromatic heterocycles. The zero-order valence-electron chi connectivity index (χ0n) is 33.6. The van der Waals surface area contributed by atoms with Gasteiger partial charge in [-0.25, -0.2) is 9.97 Å². The van der Waals surface area contributed by atoms with Gasteiger partial charge in [-0.3, -0.25) is 9.13 Å². The molecule has 2 aliphatic heterocycles. The Morgan fingerprint density at radius 1 is 0.355 bits per heavy atom. The van der Waals surface area contributed by atoms with Crippen LogP contribution in [0.3, 0.4) is 0 Å². The quantitative estimate of drug-likeness (QED) is 0.151. The second kappa shape index (κ2) is 13.7. The van der Waals surface area contributed by atoms with Gasteiger partial charge in [-0.2, -0.15) is 0 Å². The van der Waals surface area contributed by atoms with Gasteiger partial charge in [0.25, 0.3) is 6.71 Å². The summed E-state index contributed by atoms with van der Waals surface area (Å²) in [5, 5.41) is 0. The van der Waals surface area contributed by atoms with Crippen LogP contribution in [0.4, 0.5) is 17.1 Å². The molecule has 9 aromatic carbocycles. The van der Waals surface area contributed by atoms with Crippen molar-refractivity contribution >= 4 is 62.2 Å². The summed E-state index contributed by atoms with van der Waals surface area (Å²) < 4.78 is 4.91. The predicted octanol–water partition coefficient (Wildman–Crippen LogP) is 11.6. The van der Waals surface area contributed by atoms with Crippen LogP contribution in [0.5, 0.6) is 0 Å². The van der Waals surface area contributed by atoms with Crippen LogP contribution in [-0.4, -0.2) is 25.8 Å². The van der Waals surface area contributed by atoms with Crippen molar-refractivity contribution in [1.82, 2.24) is 19.1 Å². The standard InChI is InChI=1S/C56H36BN5/c1-7-19-37(20-8-1)44-31-33-46-53-51(44)58-55(39-23-11-3-12-24-39)61(53)48-35-43(60(41-27-15-5-16-28-41)42-29-17-6-18-30-42)36-49-50(48)57(46)47-34-32-45(38-21-9-2-10-22-38)52-54(47)62(49)56(59-52)40-25-13-4-14-26-40/h1-36H. The topological polar surface area (TPSA) is 38.9 Å². The van der Waals surface area contributed by atoms with E-state index in [0.717, 1.165) is 95.5 Å². The van der Waals surface area contributed by atoms with Crippen LogP contribution >= 0.6 is 0 Å². The first-order chi connectivity index (χ1) is 30.8. The molecule has 0 aliphatic carbocycles. The number of nitrogens with zero attached hydrogens (tertiary/aromatic N) is 5. The maximum absolute atomic E-state index is 5.67. The van der Waals surface area contributed by atoms with E-state index in [9.17, 15) is 0 Å². The molecule has 2 aliphatic rings. The summed E-state index contributed by atoms with van der Waals surface area (Å²) in [6, 6.07) is 78.3. The highest BCUT2D eigenvalue weighted by molar-refractivity contribution is 7.00. The van der Waals surface area contributed by atoms with Crippen molar-refractivity contribution in [2.45, 2.75) is 0 Å². The van der Waals surface area contributed by atoms with Crippen LogP contribution in [0.15, 0.2) is 218 Å². The van der Waals surface area contributed by atoms with E-state index in [1.165, 1.54) is 16.4 Å². The minimum Gasteiger partial charge on any atom is -0.310 e. The van der Waals surface area contributed by atoms with E-state index in [0.29, 0.717) is 0 Å². The van der Waals surface area contributed by atoms with Crippen molar-refractivity contribution in [3.05, 3.63) is 218 Å². The van der Waals surface area contributed by atoms with E-state index in [-0.39, 0.29) is 6.71 Å². The van der Waals surface area contributed by atoms with Crippen LogP contribution in [0.2, 0.25) is 0 Å². The van der Waals surface area contributed by atoms with E-state index in [1.54, 1.807) is 0 Å². The Balaban J connectivity index is 1.22. The third-order valence-corrected chi connectivity index (χ3v) is 12.7. The zero-order valence-corrected chi connectivity index (χ0v) is 33.6. The first kappa shape index (κ1) is 34.6. The van der Waals surface area contributed by atoms with Crippen LogP contribution in [0.1, 0.15) is 0 Å². The van der Waals surface area contributed by atoms with Crippen molar-refractivity contribution in [2.24, 2.45) is 0 Å². The van der Waals surface area contributed by atoms with E-state index < -0.39 is 0 Å². The number of imidazole rings is 2. The Kier molecular flexibility index (Phi) is 7.63. The van der Waals surface area contributed by atoms with Crippen LogP contribution in [0.25, 0.3) is 78.5 Å². The molecule has 0 radical (unpaired) electrons. The molecular formula is C56H36BN5. The van der Waals surface area contributed by atoms with Crippen LogP contribution < -0.4 is 21.3 Å². The molecule has 4 heterocycles. The second-order valence-electron chi connectivity index (χ2n) is 16.1. The molecule has 6 heteroatoms. The van der Waals surface area contributed by atoms with Gasteiger partial charge in [0.15, 0.2) is 0 Å². The monoisotopic (exact) mass is 789 g/mol. The first-order valence-electron chi connectivity index (χ1n) is 21.2. The lowest BCUT2D eigenvalue weighted by atomic mass is 9.34. The maximum Gasteiger partial charge on any atom is 0.252 e. The van der Waals surface area contributed by atoms with Gasteiger partial charge in [0.1, 0.15) is 11.6 Å². The van der Waals surface area contributed by atoms with Gasteiger partial charge >= 0.3 is 0 Å². The molecule has 288 valence electrons. The number of anilines is 3. The summed E-state index contributed by atoms with van der Waals surface area (Å²) in [7, 11) is 0. The van der Waals surface area contributed by atoms with E-state index in [2.05, 4.69) is 232 Å².